The summed E-state index contributed by atoms with van der Waals surface area (Å²) in [5.41, 5.74) is -0.549. The quantitative estimate of drug-likeness (QED) is 0.0489. The van der Waals surface area contributed by atoms with Gasteiger partial charge in [0.05, 0.1) is 34.8 Å². The lowest BCUT2D eigenvalue weighted by Crippen LogP contribution is -2.70. The van der Waals surface area contributed by atoms with Gasteiger partial charge in [-0.25, -0.2) is 18.3 Å². The number of hydrogen-bond acceptors (Lipinski definition) is 12. The molecular weight excluding hydrogens is 1110 g/mol. The number of nitrogens with zero attached hydrogens (tertiary/aromatic N) is 7. The normalized spacial score (nSPS) is 24.4. The van der Waals surface area contributed by atoms with Crippen molar-refractivity contribution in [2.45, 2.75) is 166 Å². The highest BCUT2D eigenvalue weighted by Crippen LogP contribution is 2.51. The van der Waals surface area contributed by atoms with Crippen molar-refractivity contribution >= 4 is 58.2 Å². The maximum absolute atomic E-state index is 17.7. The van der Waals surface area contributed by atoms with E-state index >= 15 is 4.39 Å². The molecule has 0 N–H and O–H groups in total. The maximum Gasteiger partial charge on any atom is 0.422 e. The van der Waals surface area contributed by atoms with E-state index in [2.05, 4.69) is 84.3 Å². The van der Waals surface area contributed by atoms with Crippen molar-refractivity contribution in [3.05, 3.63) is 95.5 Å². The predicted molar refractivity (Wildman–Crippen MR) is 309 cm³/mol. The lowest BCUT2D eigenvalue weighted by molar-refractivity contribution is -0.153. The van der Waals surface area contributed by atoms with Crippen molar-refractivity contribution < 1.29 is 54.9 Å². The van der Waals surface area contributed by atoms with Gasteiger partial charge in [-0.2, -0.15) is 28.2 Å². The highest BCUT2D eigenvalue weighted by atomic mass is 35.5. The van der Waals surface area contributed by atoms with Gasteiger partial charge in [0, 0.05) is 61.4 Å². The lowest BCUT2D eigenvalue weighted by atomic mass is 9.62. The fourth-order valence-corrected chi connectivity index (χ4v) is 18.8. The second-order valence-electron chi connectivity index (χ2n) is 25.6. The minimum absolute atomic E-state index is 0.0456. The summed E-state index contributed by atoms with van der Waals surface area (Å²) in [6.07, 6.45) is 4.02. The lowest BCUT2D eigenvalue weighted by Gasteiger charge is -2.56. The summed E-state index contributed by atoms with van der Waals surface area (Å²) >= 11 is 7.27. The number of hydrogen-bond donors (Lipinski definition) is 0. The molecule has 0 radical (unpaired) electrons. The summed E-state index contributed by atoms with van der Waals surface area (Å²) in [4.78, 5) is 31.1. The third-order valence-electron chi connectivity index (χ3n) is 17.4. The van der Waals surface area contributed by atoms with Gasteiger partial charge in [-0.1, -0.05) is 93.0 Å². The summed E-state index contributed by atoms with van der Waals surface area (Å²) < 4.78 is 113. The Labute approximate surface area is 487 Å². The first-order chi connectivity index (χ1) is 39.5. The smallest absolute Gasteiger partial charge is 0.422 e. The third-order valence-corrected chi connectivity index (χ3v) is 22.8. The summed E-state index contributed by atoms with van der Waals surface area (Å²) in [5.74, 6) is -1.50. The summed E-state index contributed by atoms with van der Waals surface area (Å²) in [6.45, 7) is 13.5. The Morgan fingerprint density at radius 1 is 0.867 bits per heavy atom. The zero-order valence-corrected chi connectivity index (χ0v) is 50.0. The number of pyridine rings is 1. The highest BCUT2D eigenvalue weighted by Gasteiger charge is 2.56. The van der Waals surface area contributed by atoms with E-state index in [4.69, 9.17) is 44.8 Å². The zero-order valence-electron chi connectivity index (χ0n) is 48.2. The standard InChI is InChI=1S/C62H75ClF5N7O7Si/c1-58(2,3)81-57(76)73-36-42(82-83(59(4,5)6,43-18-9-7-10-19-43)44-20-11-8-12-21-44)32-60(37-73)30-41(31-60)77-26-15-13-22-45-48(63)28-49-46(34-70-75(49)50-23-14-16-27-78-50)51(45)54-52(65)53-47(33-69-54)55(79-39-62(66,67)68)72-56(71-53)80-38-61-24-17-25-74(61)35-40(64)29-61/h7-12,18-21,28,33-34,40-42,50H,13-17,22-27,29-32,35-39H2,1-6H3/t40-,41?,42?,50?,60?,61+/m1/s1. The Kier molecular flexibility index (Phi) is 16.7. The number of carbonyl (C=O) groups excluding carboxylic acids is 1. The number of rotatable bonds is 17. The molecule has 5 aliphatic rings. The van der Waals surface area contributed by atoms with E-state index in [1.54, 1.807) is 10.9 Å². The number of unbranched alkanes of at least 4 members (excludes halogenated alkanes) is 1. The first-order valence-corrected chi connectivity index (χ1v) is 31.6. The Balaban J connectivity index is 0.840. The van der Waals surface area contributed by atoms with Crippen LogP contribution in [0.4, 0.5) is 26.7 Å². The van der Waals surface area contributed by atoms with E-state index < -0.39 is 56.1 Å². The largest absolute Gasteiger partial charge is 0.467 e. The molecule has 3 aromatic carbocycles. The Bertz CT molecular complexity index is 3240. The predicted octanol–water partition coefficient (Wildman–Crippen LogP) is 12.5. The molecule has 1 spiro atoms. The summed E-state index contributed by atoms with van der Waals surface area (Å²) in [5, 5.41) is 7.52. The molecule has 1 aliphatic carbocycles. The van der Waals surface area contributed by atoms with E-state index in [1.807, 2.05) is 48.8 Å². The number of halogens is 6. The van der Waals surface area contributed by atoms with Gasteiger partial charge in [-0.3, -0.25) is 9.88 Å². The number of benzene rings is 3. The number of piperidine rings is 1. The molecule has 3 aromatic heterocycles. The van der Waals surface area contributed by atoms with Gasteiger partial charge in [0.1, 0.15) is 29.6 Å². The Hall–Kier alpha value is -5.51. The molecule has 6 aromatic rings. The molecule has 83 heavy (non-hydrogen) atoms. The van der Waals surface area contributed by atoms with Gasteiger partial charge in [-0.15, -0.1) is 0 Å². The van der Waals surface area contributed by atoms with E-state index in [9.17, 15) is 22.4 Å². The molecule has 1 amide bonds. The molecule has 1 saturated carbocycles. The van der Waals surface area contributed by atoms with Crippen LogP contribution in [0.1, 0.15) is 124 Å². The summed E-state index contributed by atoms with van der Waals surface area (Å²) in [6, 6.07) is 22.5. The van der Waals surface area contributed by atoms with E-state index in [0.29, 0.717) is 92.0 Å². The Morgan fingerprint density at radius 2 is 1.59 bits per heavy atom. The second kappa shape index (κ2) is 23.4. The minimum Gasteiger partial charge on any atom is -0.467 e. The van der Waals surface area contributed by atoms with Crippen LogP contribution in [0.3, 0.4) is 0 Å². The van der Waals surface area contributed by atoms with E-state index in [0.717, 1.165) is 38.5 Å². The first kappa shape index (κ1) is 59.2. The number of ether oxygens (including phenoxy) is 5. The fraction of sp³-hybridized carbons (Fsp3) is 0.565. The molecule has 4 atom stereocenters. The van der Waals surface area contributed by atoms with Crippen LogP contribution in [0.25, 0.3) is 33.1 Å². The van der Waals surface area contributed by atoms with Crippen LogP contribution in [-0.4, -0.2) is 137 Å². The van der Waals surface area contributed by atoms with Gasteiger partial charge < -0.3 is 33.0 Å². The molecule has 11 rings (SSSR count). The van der Waals surface area contributed by atoms with Crippen LogP contribution < -0.4 is 19.8 Å². The molecule has 5 fully saturated rings. The van der Waals surface area contributed by atoms with E-state index in [1.165, 1.54) is 16.6 Å². The number of fused-ring (bicyclic) bond motifs is 3. The van der Waals surface area contributed by atoms with Gasteiger partial charge in [0.2, 0.25) is 5.88 Å². The number of carbonyl (C=O) groups is 1. The van der Waals surface area contributed by atoms with Crippen molar-refractivity contribution in [1.82, 2.24) is 34.5 Å². The molecular formula is C62H75ClF5N7O7Si. The van der Waals surface area contributed by atoms with Crippen molar-refractivity contribution in [3.8, 4) is 23.1 Å². The van der Waals surface area contributed by atoms with Crippen LogP contribution >= 0.6 is 11.6 Å². The molecule has 21 heteroatoms. The second-order valence-corrected chi connectivity index (χ2v) is 30.3. The van der Waals surface area contributed by atoms with Crippen LogP contribution in [0.5, 0.6) is 11.9 Å². The topological polar surface area (TPSA) is 135 Å². The minimum atomic E-state index is -4.74. The van der Waals surface area contributed by atoms with Gasteiger partial charge in [0.15, 0.2) is 18.7 Å². The molecule has 14 nitrogen and oxygen atoms in total. The molecule has 446 valence electrons. The maximum atomic E-state index is 17.7. The Morgan fingerprint density at radius 3 is 2.27 bits per heavy atom. The van der Waals surface area contributed by atoms with Gasteiger partial charge in [-0.05, 0) is 130 Å². The average Bonchev–Trinajstić information content (AvgIpc) is 1.41. The van der Waals surface area contributed by atoms with Crippen LogP contribution in [0.2, 0.25) is 10.1 Å². The third kappa shape index (κ3) is 12.3. The van der Waals surface area contributed by atoms with E-state index in [-0.39, 0.29) is 71.2 Å². The molecule has 2 unspecified atom stereocenters. The van der Waals surface area contributed by atoms with Crippen LogP contribution in [-0.2, 0) is 25.1 Å². The van der Waals surface area contributed by atoms with Gasteiger partial charge >= 0.3 is 18.3 Å². The molecule has 7 heterocycles. The van der Waals surface area contributed by atoms with Crippen LogP contribution in [0.15, 0.2) is 79.1 Å². The van der Waals surface area contributed by atoms with Gasteiger partial charge in [0.25, 0.3) is 8.32 Å². The first-order valence-electron chi connectivity index (χ1n) is 29.3. The fourth-order valence-electron chi connectivity index (χ4n) is 13.8. The van der Waals surface area contributed by atoms with Crippen molar-refractivity contribution in [3.63, 3.8) is 0 Å². The number of amides is 1. The van der Waals surface area contributed by atoms with Crippen LogP contribution in [0, 0.1) is 11.2 Å². The molecule has 4 aliphatic heterocycles. The average molecular weight is 1190 g/mol. The van der Waals surface area contributed by atoms with Crippen molar-refractivity contribution in [2.24, 2.45) is 5.41 Å². The zero-order chi connectivity index (χ0) is 58.5. The molecule has 4 saturated heterocycles. The summed E-state index contributed by atoms with van der Waals surface area (Å²) in [7, 11) is -2.98. The monoisotopic (exact) mass is 1190 g/mol. The highest BCUT2D eigenvalue weighted by molar-refractivity contribution is 6.99. The SMILES string of the molecule is CC(C)(C)OC(=O)N1CC(O[Si](c2ccccc2)(c2ccccc2)C(C)(C)C)CC2(CC(OCCCCc3c(Cl)cc4c(cnn4C4CCCCO4)c3-c3ncc4c(OCC(F)(F)F)nc(OC[C@@]56CCCN5C[C@H](F)C6)nc4c3F)C2)C1. The van der Waals surface area contributed by atoms with Crippen molar-refractivity contribution in [2.75, 3.05) is 52.6 Å². The van der Waals surface area contributed by atoms with Crippen molar-refractivity contribution in [1.29, 1.82) is 0 Å². The number of likely N-dealkylation sites (tertiary alicyclic amines) is 1. The number of alkyl halides is 4. The number of aromatic nitrogens is 5. The molecule has 0 bridgehead atoms.